The molecule has 0 aliphatic heterocycles. The van der Waals surface area contributed by atoms with Crippen LogP contribution in [0, 0.1) is 13.8 Å². The number of ether oxygens (including phenoxy) is 2. The quantitative estimate of drug-likeness (QED) is 0.655. The molecular formula is C19H22N2O3. The van der Waals surface area contributed by atoms with Crippen molar-refractivity contribution in [3.8, 4) is 11.5 Å². The summed E-state index contributed by atoms with van der Waals surface area (Å²) in [6, 6.07) is 13.2. The molecule has 2 rings (SSSR count). The van der Waals surface area contributed by atoms with E-state index in [0.29, 0.717) is 11.5 Å². The first-order valence-electron chi connectivity index (χ1n) is 7.67. The highest BCUT2D eigenvalue weighted by atomic mass is 16.5. The fraction of sp³-hybridized carbons (Fsp3) is 0.263. The Balaban J connectivity index is 1.90. The number of benzene rings is 2. The fourth-order valence-electron chi connectivity index (χ4n) is 2.04. The highest BCUT2D eigenvalue weighted by molar-refractivity contribution is 5.99. The van der Waals surface area contributed by atoms with Gasteiger partial charge in [-0.3, -0.25) is 4.79 Å². The standard InChI is InChI=1S/C19H22N2O3/c1-13-8-9-18(10-14(13)2)24-12-19(22)21-20-15(3)16-6-5-7-17(11-16)23-4/h5-11H,12H2,1-4H3,(H,21,22)/b20-15-. The van der Waals surface area contributed by atoms with Crippen LogP contribution < -0.4 is 14.9 Å². The first-order chi connectivity index (χ1) is 11.5. The van der Waals surface area contributed by atoms with E-state index < -0.39 is 0 Å². The number of methoxy groups -OCH3 is 1. The van der Waals surface area contributed by atoms with Gasteiger partial charge in [0, 0.05) is 5.56 Å². The lowest BCUT2D eigenvalue weighted by molar-refractivity contribution is -0.123. The van der Waals surface area contributed by atoms with Crippen LogP contribution >= 0.6 is 0 Å². The molecule has 0 radical (unpaired) electrons. The molecule has 0 saturated heterocycles. The Morgan fingerprint density at radius 2 is 1.88 bits per heavy atom. The van der Waals surface area contributed by atoms with Crippen molar-refractivity contribution in [1.82, 2.24) is 5.43 Å². The van der Waals surface area contributed by atoms with Gasteiger partial charge in [-0.25, -0.2) is 5.43 Å². The topological polar surface area (TPSA) is 59.9 Å². The molecule has 0 aliphatic carbocycles. The summed E-state index contributed by atoms with van der Waals surface area (Å²) in [5.74, 6) is 1.10. The van der Waals surface area contributed by atoms with E-state index in [1.807, 2.05) is 63.2 Å². The molecule has 24 heavy (non-hydrogen) atoms. The molecule has 0 bridgehead atoms. The molecule has 0 aromatic heterocycles. The number of carbonyl (C=O) groups excluding carboxylic acids is 1. The summed E-state index contributed by atoms with van der Waals surface area (Å²) < 4.78 is 10.7. The van der Waals surface area contributed by atoms with Crippen LogP contribution in [0.1, 0.15) is 23.6 Å². The second kappa shape index (κ2) is 8.15. The average molecular weight is 326 g/mol. The molecule has 0 fully saturated rings. The predicted octanol–water partition coefficient (Wildman–Crippen LogP) is 3.23. The Morgan fingerprint density at radius 3 is 2.58 bits per heavy atom. The largest absolute Gasteiger partial charge is 0.497 e. The van der Waals surface area contributed by atoms with E-state index in [0.717, 1.165) is 16.9 Å². The first-order valence-corrected chi connectivity index (χ1v) is 7.67. The van der Waals surface area contributed by atoms with Crippen LogP contribution in [-0.2, 0) is 4.79 Å². The van der Waals surface area contributed by atoms with Gasteiger partial charge < -0.3 is 9.47 Å². The van der Waals surface area contributed by atoms with Crippen LogP contribution in [-0.4, -0.2) is 25.3 Å². The monoisotopic (exact) mass is 326 g/mol. The third-order valence-corrected chi connectivity index (χ3v) is 3.68. The zero-order valence-electron chi connectivity index (χ0n) is 14.4. The van der Waals surface area contributed by atoms with Gasteiger partial charge in [0.1, 0.15) is 11.5 Å². The predicted molar refractivity (Wildman–Crippen MR) is 94.8 cm³/mol. The van der Waals surface area contributed by atoms with E-state index in [4.69, 9.17) is 9.47 Å². The minimum absolute atomic E-state index is 0.0859. The normalized spacial score (nSPS) is 11.1. The first kappa shape index (κ1) is 17.5. The summed E-state index contributed by atoms with van der Waals surface area (Å²) in [7, 11) is 1.61. The maximum atomic E-state index is 11.9. The second-order valence-corrected chi connectivity index (χ2v) is 5.50. The van der Waals surface area contributed by atoms with Crippen molar-refractivity contribution in [3.63, 3.8) is 0 Å². The summed E-state index contributed by atoms with van der Waals surface area (Å²) >= 11 is 0. The van der Waals surface area contributed by atoms with Crippen molar-refractivity contribution in [1.29, 1.82) is 0 Å². The summed E-state index contributed by atoms with van der Waals surface area (Å²) in [5.41, 5.74) is 6.38. The van der Waals surface area contributed by atoms with Gasteiger partial charge in [-0.2, -0.15) is 5.10 Å². The van der Waals surface area contributed by atoms with Gasteiger partial charge in [-0.15, -0.1) is 0 Å². The highest BCUT2D eigenvalue weighted by Crippen LogP contribution is 2.16. The van der Waals surface area contributed by atoms with Crippen LogP contribution in [0.5, 0.6) is 11.5 Å². The van der Waals surface area contributed by atoms with Crippen molar-refractivity contribution < 1.29 is 14.3 Å². The van der Waals surface area contributed by atoms with Crippen molar-refractivity contribution in [2.45, 2.75) is 20.8 Å². The van der Waals surface area contributed by atoms with Gasteiger partial charge in [0.2, 0.25) is 0 Å². The number of hydrogen-bond donors (Lipinski definition) is 1. The molecule has 0 unspecified atom stereocenters. The highest BCUT2D eigenvalue weighted by Gasteiger charge is 2.04. The summed E-state index contributed by atoms with van der Waals surface area (Å²) in [5, 5.41) is 4.10. The molecule has 1 N–H and O–H groups in total. The molecular weight excluding hydrogens is 304 g/mol. The molecule has 0 saturated carbocycles. The Bertz CT molecular complexity index is 754. The summed E-state index contributed by atoms with van der Waals surface area (Å²) in [4.78, 5) is 11.9. The van der Waals surface area contributed by atoms with Gasteiger partial charge in [-0.1, -0.05) is 18.2 Å². The molecule has 126 valence electrons. The maximum Gasteiger partial charge on any atom is 0.277 e. The lowest BCUT2D eigenvalue weighted by Gasteiger charge is -2.08. The van der Waals surface area contributed by atoms with E-state index in [-0.39, 0.29) is 12.5 Å². The molecule has 0 atom stereocenters. The molecule has 0 aliphatic rings. The number of nitrogens with zero attached hydrogens (tertiary/aromatic N) is 1. The van der Waals surface area contributed by atoms with Crippen molar-refractivity contribution in [3.05, 3.63) is 59.2 Å². The molecule has 2 aromatic rings. The summed E-state index contributed by atoms with van der Waals surface area (Å²) in [6.45, 7) is 5.77. The number of amides is 1. The van der Waals surface area contributed by atoms with Crippen LogP contribution in [0.25, 0.3) is 0 Å². The molecule has 0 heterocycles. The van der Waals surface area contributed by atoms with E-state index >= 15 is 0 Å². The van der Waals surface area contributed by atoms with Crippen LogP contribution in [0.4, 0.5) is 0 Å². The zero-order chi connectivity index (χ0) is 17.5. The molecule has 5 nitrogen and oxygen atoms in total. The van der Waals surface area contributed by atoms with E-state index in [2.05, 4.69) is 10.5 Å². The van der Waals surface area contributed by atoms with Crippen molar-refractivity contribution in [2.75, 3.05) is 13.7 Å². The Kier molecular flexibility index (Phi) is 5.95. The van der Waals surface area contributed by atoms with Gasteiger partial charge in [0.15, 0.2) is 6.61 Å². The lowest BCUT2D eigenvalue weighted by atomic mass is 10.1. The number of hydrogen-bond acceptors (Lipinski definition) is 4. The number of aryl methyl sites for hydroxylation is 2. The van der Waals surface area contributed by atoms with Gasteiger partial charge in [-0.05, 0) is 56.2 Å². The smallest absolute Gasteiger partial charge is 0.277 e. The molecule has 1 amide bonds. The fourth-order valence-corrected chi connectivity index (χ4v) is 2.04. The van der Waals surface area contributed by atoms with Gasteiger partial charge in [0.05, 0.1) is 12.8 Å². The second-order valence-electron chi connectivity index (χ2n) is 5.50. The van der Waals surface area contributed by atoms with Crippen molar-refractivity contribution in [2.24, 2.45) is 5.10 Å². The number of carbonyl (C=O) groups is 1. The Labute approximate surface area is 142 Å². The van der Waals surface area contributed by atoms with Crippen LogP contribution in [0.2, 0.25) is 0 Å². The SMILES string of the molecule is COc1cccc(/C(C)=N\NC(=O)COc2ccc(C)c(C)c2)c1. The van der Waals surface area contributed by atoms with Gasteiger partial charge >= 0.3 is 0 Å². The van der Waals surface area contributed by atoms with Crippen molar-refractivity contribution >= 4 is 11.6 Å². The van der Waals surface area contributed by atoms with Crippen LogP contribution in [0.3, 0.4) is 0 Å². The Hall–Kier alpha value is -2.82. The maximum absolute atomic E-state index is 11.9. The van der Waals surface area contributed by atoms with E-state index in [9.17, 15) is 4.79 Å². The van der Waals surface area contributed by atoms with E-state index in [1.54, 1.807) is 7.11 Å². The van der Waals surface area contributed by atoms with Gasteiger partial charge in [0.25, 0.3) is 5.91 Å². The number of rotatable bonds is 6. The summed E-state index contributed by atoms with van der Waals surface area (Å²) in [6.07, 6.45) is 0. The molecule has 5 heteroatoms. The minimum atomic E-state index is -0.310. The molecule has 2 aromatic carbocycles. The minimum Gasteiger partial charge on any atom is -0.497 e. The third-order valence-electron chi connectivity index (χ3n) is 3.68. The number of hydrazone groups is 1. The number of nitrogens with one attached hydrogen (secondary N) is 1. The lowest BCUT2D eigenvalue weighted by Crippen LogP contribution is -2.25. The average Bonchev–Trinajstić information content (AvgIpc) is 2.60. The zero-order valence-corrected chi connectivity index (χ0v) is 14.4. The van der Waals surface area contributed by atoms with E-state index in [1.165, 1.54) is 5.56 Å². The molecule has 0 spiro atoms. The Morgan fingerprint density at radius 1 is 1.08 bits per heavy atom. The third kappa shape index (κ3) is 4.84. The van der Waals surface area contributed by atoms with Crippen LogP contribution in [0.15, 0.2) is 47.6 Å².